The molecule has 0 saturated heterocycles. The highest BCUT2D eigenvalue weighted by molar-refractivity contribution is 7.99. The lowest BCUT2D eigenvalue weighted by atomic mass is 10.0. The second-order valence-corrected chi connectivity index (χ2v) is 8.57. The number of hydrogen-bond donors (Lipinski definition) is 1. The molecule has 150 valence electrons. The molecule has 0 saturated carbocycles. The maximum atomic E-state index is 13.6. The molecule has 3 aromatic rings. The zero-order valence-electron chi connectivity index (χ0n) is 16.4. The molecule has 0 aliphatic carbocycles. The number of halogens is 1. The smallest absolute Gasteiger partial charge is 0.339 e. The van der Waals surface area contributed by atoms with E-state index in [4.69, 9.17) is 4.42 Å². The van der Waals surface area contributed by atoms with Crippen LogP contribution in [0.4, 0.5) is 4.39 Å². The molecule has 0 fully saturated rings. The van der Waals surface area contributed by atoms with Crippen LogP contribution < -0.4 is 10.9 Å². The molecule has 29 heavy (non-hydrogen) atoms. The Morgan fingerprint density at radius 3 is 2.90 bits per heavy atom. The van der Waals surface area contributed by atoms with Gasteiger partial charge in [0.05, 0.1) is 6.04 Å². The van der Waals surface area contributed by atoms with Crippen molar-refractivity contribution in [1.82, 2.24) is 5.32 Å². The number of nitrogens with one attached hydrogen (secondary N) is 1. The van der Waals surface area contributed by atoms with E-state index in [1.165, 1.54) is 12.1 Å². The van der Waals surface area contributed by atoms with E-state index in [9.17, 15) is 14.0 Å². The van der Waals surface area contributed by atoms with Crippen molar-refractivity contribution in [3.05, 3.63) is 74.9 Å². The van der Waals surface area contributed by atoms with Gasteiger partial charge in [-0.15, -0.1) is 11.8 Å². The van der Waals surface area contributed by atoms with Gasteiger partial charge in [-0.3, -0.25) is 4.79 Å². The lowest BCUT2D eigenvalue weighted by Gasteiger charge is -2.26. The highest BCUT2D eigenvalue weighted by Crippen LogP contribution is 2.36. The lowest BCUT2D eigenvalue weighted by molar-refractivity contribution is -0.121. The average molecular weight is 411 g/mol. The summed E-state index contributed by atoms with van der Waals surface area (Å²) in [6.45, 7) is 3.83. The van der Waals surface area contributed by atoms with Crippen LogP contribution in [-0.2, 0) is 11.2 Å². The Morgan fingerprint density at radius 1 is 1.24 bits per heavy atom. The second kappa shape index (κ2) is 8.03. The maximum absolute atomic E-state index is 13.6. The van der Waals surface area contributed by atoms with Crippen LogP contribution >= 0.6 is 11.8 Å². The minimum Gasteiger partial charge on any atom is -0.423 e. The monoisotopic (exact) mass is 411 g/mol. The number of amides is 1. The predicted octanol–water partition coefficient (Wildman–Crippen LogP) is 4.83. The number of rotatable bonds is 4. The van der Waals surface area contributed by atoms with Gasteiger partial charge in [-0.05, 0) is 67.6 Å². The van der Waals surface area contributed by atoms with E-state index in [1.807, 2.05) is 32.0 Å². The number of benzene rings is 2. The van der Waals surface area contributed by atoms with Gasteiger partial charge < -0.3 is 9.73 Å². The summed E-state index contributed by atoms with van der Waals surface area (Å²) in [5, 5.41) is 3.89. The Bertz CT molecular complexity index is 1150. The molecule has 6 heteroatoms. The van der Waals surface area contributed by atoms with E-state index in [-0.39, 0.29) is 24.2 Å². The van der Waals surface area contributed by atoms with Gasteiger partial charge in [0.2, 0.25) is 5.91 Å². The molecule has 1 atom stereocenters. The van der Waals surface area contributed by atoms with E-state index < -0.39 is 5.63 Å². The molecule has 0 bridgehead atoms. The van der Waals surface area contributed by atoms with Crippen molar-refractivity contribution in [2.45, 2.75) is 44.0 Å². The van der Waals surface area contributed by atoms with E-state index >= 15 is 0 Å². The number of carbonyl (C=O) groups excluding carboxylic acids is 1. The Hall–Kier alpha value is -2.60. The molecule has 1 N–H and O–H groups in total. The summed E-state index contributed by atoms with van der Waals surface area (Å²) in [5.41, 5.74) is 3.41. The predicted molar refractivity (Wildman–Crippen MR) is 113 cm³/mol. The summed E-state index contributed by atoms with van der Waals surface area (Å²) in [4.78, 5) is 26.0. The van der Waals surface area contributed by atoms with Crippen LogP contribution in [0.1, 0.15) is 41.1 Å². The first kappa shape index (κ1) is 19.7. The summed E-state index contributed by atoms with van der Waals surface area (Å²) in [7, 11) is 0. The third-order valence-electron chi connectivity index (χ3n) is 5.39. The number of thioether (sulfide) groups is 1. The van der Waals surface area contributed by atoms with Gasteiger partial charge in [0, 0.05) is 28.0 Å². The zero-order valence-corrected chi connectivity index (χ0v) is 17.2. The van der Waals surface area contributed by atoms with Crippen molar-refractivity contribution in [3.8, 4) is 0 Å². The number of hydrogen-bond acceptors (Lipinski definition) is 4. The molecule has 0 radical (unpaired) electrons. The fraction of sp³-hybridized carbons (Fsp3) is 0.304. The van der Waals surface area contributed by atoms with Gasteiger partial charge in [-0.1, -0.05) is 12.1 Å². The first-order chi connectivity index (χ1) is 13.9. The highest BCUT2D eigenvalue weighted by Gasteiger charge is 2.23. The van der Waals surface area contributed by atoms with Crippen molar-refractivity contribution < 1.29 is 13.6 Å². The van der Waals surface area contributed by atoms with Gasteiger partial charge in [0.15, 0.2) is 0 Å². The van der Waals surface area contributed by atoms with Crippen LogP contribution in [0, 0.1) is 19.7 Å². The first-order valence-electron chi connectivity index (χ1n) is 9.67. The summed E-state index contributed by atoms with van der Waals surface area (Å²) >= 11 is 1.67. The molecular formula is C23H22FNO3S. The van der Waals surface area contributed by atoms with E-state index in [0.717, 1.165) is 39.1 Å². The molecule has 1 amide bonds. The summed E-state index contributed by atoms with van der Waals surface area (Å²) in [5.74, 6) is 0.418. The van der Waals surface area contributed by atoms with Crippen LogP contribution in [0.3, 0.4) is 0 Å². The minimum absolute atomic E-state index is 0.153. The van der Waals surface area contributed by atoms with Gasteiger partial charge >= 0.3 is 5.63 Å². The molecule has 2 aromatic carbocycles. The Kier molecular flexibility index (Phi) is 5.46. The second-order valence-electron chi connectivity index (χ2n) is 7.43. The Morgan fingerprint density at radius 2 is 2.07 bits per heavy atom. The minimum atomic E-state index is -0.394. The van der Waals surface area contributed by atoms with Crippen molar-refractivity contribution in [2.75, 3.05) is 5.75 Å². The quantitative estimate of drug-likeness (QED) is 0.625. The van der Waals surface area contributed by atoms with E-state index in [0.29, 0.717) is 17.6 Å². The maximum Gasteiger partial charge on any atom is 0.339 e. The highest BCUT2D eigenvalue weighted by atomic mass is 32.2. The van der Waals surface area contributed by atoms with Gasteiger partial charge in [0.1, 0.15) is 11.4 Å². The Balaban J connectivity index is 1.49. The topological polar surface area (TPSA) is 59.3 Å². The summed E-state index contributed by atoms with van der Waals surface area (Å²) in [6, 6.07) is 10.3. The van der Waals surface area contributed by atoms with Crippen molar-refractivity contribution in [2.24, 2.45) is 0 Å². The molecule has 1 aromatic heterocycles. The molecule has 4 nitrogen and oxygen atoms in total. The summed E-state index contributed by atoms with van der Waals surface area (Å²) < 4.78 is 19.1. The van der Waals surface area contributed by atoms with Crippen LogP contribution in [-0.4, -0.2) is 11.7 Å². The molecule has 2 heterocycles. The standard InChI is InChI=1S/C23H22FNO3S/c1-13-3-5-16-14(2)17(23(27)28-20(16)11-13)6-8-22(26)25-19-9-10-29-21-7-4-15(24)12-18(19)21/h3-5,7,11-12,19H,6,8-10H2,1-2H3,(H,25,26)/t19-/m1/s1. The molecule has 0 unspecified atom stereocenters. The number of fused-ring (bicyclic) bond motifs is 2. The number of carbonyl (C=O) groups is 1. The molecular weight excluding hydrogens is 389 g/mol. The Labute approximate surface area is 172 Å². The van der Waals surface area contributed by atoms with Gasteiger partial charge in [-0.25, -0.2) is 9.18 Å². The van der Waals surface area contributed by atoms with Crippen LogP contribution in [0.5, 0.6) is 0 Å². The van der Waals surface area contributed by atoms with Crippen molar-refractivity contribution >= 4 is 28.6 Å². The lowest BCUT2D eigenvalue weighted by Crippen LogP contribution is -2.31. The number of aryl methyl sites for hydroxylation is 2. The fourth-order valence-electron chi connectivity index (χ4n) is 3.81. The van der Waals surface area contributed by atoms with Gasteiger partial charge in [-0.2, -0.15) is 0 Å². The van der Waals surface area contributed by atoms with Crippen molar-refractivity contribution in [1.29, 1.82) is 0 Å². The van der Waals surface area contributed by atoms with Crippen molar-refractivity contribution in [3.63, 3.8) is 0 Å². The van der Waals surface area contributed by atoms with Crippen LogP contribution in [0.15, 0.2) is 50.5 Å². The van der Waals surface area contributed by atoms with E-state index in [1.54, 1.807) is 17.8 Å². The molecule has 0 spiro atoms. The largest absolute Gasteiger partial charge is 0.423 e. The fourth-order valence-corrected chi connectivity index (χ4v) is 4.92. The van der Waals surface area contributed by atoms with Crippen LogP contribution in [0.25, 0.3) is 11.0 Å². The third-order valence-corrected chi connectivity index (χ3v) is 6.51. The summed E-state index contributed by atoms with van der Waals surface area (Å²) in [6.07, 6.45) is 1.24. The SMILES string of the molecule is Cc1ccc2c(C)c(CCC(=O)N[C@@H]3CCSc4ccc(F)cc43)c(=O)oc2c1. The normalized spacial score (nSPS) is 15.9. The van der Waals surface area contributed by atoms with E-state index in [2.05, 4.69) is 5.32 Å². The average Bonchev–Trinajstić information content (AvgIpc) is 2.68. The van der Waals surface area contributed by atoms with Crippen LogP contribution in [0.2, 0.25) is 0 Å². The third kappa shape index (κ3) is 4.08. The zero-order chi connectivity index (χ0) is 20.5. The first-order valence-corrected chi connectivity index (χ1v) is 10.7. The molecule has 1 aliphatic heterocycles. The van der Waals surface area contributed by atoms with Gasteiger partial charge in [0.25, 0.3) is 0 Å². The molecule has 1 aliphatic rings. The molecule has 4 rings (SSSR count).